The Labute approximate surface area is 99.0 Å². The van der Waals surface area contributed by atoms with Crippen molar-refractivity contribution in [2.45, 2.75) is 24.5 Å². The number of hydrogen-bond acceptors (Lipinski definition) is 5. The molecule has 0 aromatic heterocycles. The quantitative estimate of drug-likeness (QED) is 0.366. The van der Waals surface area contributed by atoms with Crippen LogP contribution in [0.5, 0.6) is 0 Å². The molecule has 1 aliphatic rings. The lowest BCUT2D eigenvalue weighted by Gasteiger charge is -2.14. The van der Waals surface area contributed by atoms with Gasteiger partial charge in [0.05, 0.1) is 6.42 Å². The number of esters is 1. The van der Waals surface area contributed by atoms with Crippen LogP contribution < -0.4 is 0 Å². The zero-order valence-corrected chi connectivity index (χ0v) is 10.4. The number of halogens is 1. The molecule has 4 atom stereocenters. The fourth-order valence-corrected chi connectivity index (χ4v) is 2.66. The van der Waals surface area contributed by atoms with Gasteiger partial charge in [0.25, 0.3) is 5.85 Å². The molecule has 0 amide bonds. The lowest BCUT2D eigenvalue weighted by molar-refractivity contribution is -0.145. The van der Waals surface area contributed by atoms with Crippen LogP contribution in [0.15, 0.2) is 12.7 Å². The number of carbonyl (C=O) groups excluding carboxylic acids is 1. The van der Waals surface area contributed by atoms with E-state index in [0.29, 0.717) is 12.2 Å². The van der Waals surface area contributed by atoms with Gasteiger partial charge < -0.3 is 9.47 Å². The Morgan fingerprint density at radius 1 is 1.87 bits per heavy atom. The lowest BCUT2D eigenvalue weighted by Crippen LogP contribution is -2.27. The van der Waals surface area contributed by atoms with Crippen molar-refractivity contribution in [1.29, 1.82) is 0 Å². The van der Waals surface area contributed by atoms with Crippen LogP contribution in [-0.4, -0.2) is 29.8 Å². The molecule has 1 saturated heterocycles. The minimum Gasteiger partial charge on any atom is -0.456 e. The SMILES string of the molecule is C=CC(=O)OC1CC([P+](F)=S)OC1CS. The maximum Gasteiger partial charge on any atom is 0.428 e. The Balaban J connectivity index is 2.59. The van der Waals surface area contributed by atoms with Gasteiger partial charge in [-0.05, 0) is 0 Å². The van der Waals surface area contributed by atoms with Crippen LogP contribution in [0.4, 0.5) is 4.20 Å². The van der Waals surface area contributed by atoms with Gasteiger partial charge >= 0.3 is 13.0 Å². The van der Waals surface area contributed by atoms with Gasteiger partial charge in [-0.3, -0.25) is 0 Å². The standard InChI is InChI=1S/C8H10FO3PS2/c1-2-7(10)11-5-3-8(13(9)15)12-6(5)4-14/h2,5-6,8H,1,3-4H2/p+1. The van der Waals surface area contributed by atoms with Gasteiger partial charge in [0, 0.05) is 16.0 Å². The second-order valence-corrected chi connectivity index (χ2v) is 5.53. The average molecular weight is 269 g/mol. The third-order valence-corrected chi connectivity index (χ3v) is 3.87. The first-order chi connectivity index (χ1) is 7.08. The van der Waals surface area contributed by atoms with Crippen LogP contribution in [0.3, 0.4) is 0 Å². The Morgan fingerprint density at radius 3 is 3.00 bits per heavy atom. The monoisotopic (exact) mass is 269 g/mol. The van der Waals surface area contributed by atoms with Crippen LogP contribution in [-0.2, 0) is 26.1 Å². The predicted molar refractivity (Wildman–Crippen MR) is 62.6 cm³/mol. The van der Waals surface area contributed by atoms with Gasteiger partial charge in [-0.25, -0.2) is 4.79 Å². The van der Waals surface area contributed by atoms with Crippen LogP contribution in [0, 0.1) is 0 Å². The van der Waals surface area contributed by atoms with Crippen LogP contribution in [0.25, 0.3) is 0 Å². The summed E-state index contributed by atoms with van der Waals surface area (Å²) >= 11 is 8.57. The predicted octanol–water partition coefficient (Wildman–Crippen LogP) is 1.96. The molecule has 0 bridgehead atoms. The molecule has 1 rings (SSSR count). The van der Waals surface area contributed by atoms with Crippen LogP contribution in [0.2, 0.25) is 0 Å². The number of thiol groups is 1. The molecular weight excluding hydrogens is 258 g/mol. The summed E-state index contributed by atoms with van der Waals surface area (Å²) < 4.78 is 23.2. The average Bonchev–Trinajstić information content (AvgIpc) is 2.61. The number of carbonyl (C=O) groups is 1. The lowest BCUT2D eigenvalue weighted by atomic mass is 10.2. The van der Waals surface area contributed by atoms with Gasteiger partial charge in [-0.2, -0.15) is 12.6 Å². The highest BCUT2D eigenvalue weighted by Crippen LogP contribution is 2.40. The largest absolute Gasteiger partial charge is 0.456 e. The number of ether oxygens (including phenoxy) is 2. The molecule has 0 saturated carbocycles. The van der Waals surface area contributed by atoms with E-state index in [4.69, 9.17) is 9.47 Å². The highest BCUT2D eigenvalue weighted by molar-refractivity contribution is 8.03. The van der Waals surface area contributed by atoms with E-state index in [1.165, 1.54) is 0 Å². The summed E-state index contributed by atoms with van der Waals surface area (Å²) in [5.74, 6) is -0.803. The van der Waals surface area contributed by atoms with Gasteiger partial charge in [-0.1, -0.05) is 6.58 Å². The summed E-state index contributed by atoms with van der Waals surface area (Å²) in [6, 6.07) is 0. The summed E-state index contributed by atoms with van der Waals surface area (Å²) in [7, 11) is -2.08. The Hall–Kier alpha value is -0.0300. The van der Waals surface area contributed by atoms with E-state index in [1.54, 1.807) is 0 Å². The van der Waals surface area contributed by atoms with Crippen molar-refractivity contribution < 1.29 is 18.5 Å². The van der Waals surface area contributed by atoms with Gasteiger partial charge in [0.15, 0.2) is 0 Å². The maximum absolute atomic E-state index is 12.9. The molecule has 4 unspecified atom stereocenters. The topological polar surface area (TPSA) is 35.5 Å². The Kier molecular flexibility index (Phi) is 5.12. The van der Waals surface area contributed by atoms with E-state index >= 15 is 0 Å². The number of hydrogen-bond donors (Lipinski definition) is 1. The summed E-state index contributed by atoms with van der Waals surface area (Å²) in [5, 5.41) is 0. The fourth-order valence-electron chi connectivity index (χ4n) is 1.31. The van der Waals surface area contributed by atoms with E-state index < -0.39 is 24.9 Å². The summed E-state index contributed by atoms with van der Waals surface area (Å²) in [6.07, 6.45) is 0.512. The fraction of sp³-hybridized carbons (Fsp3) is 0.625. The zero-order chi connectivity index (χ0) is 11.4. The summed E-state index contributed by atoms with van der Waals surface area (Å²) in [6.45, 7) is 3.28. The first kappa shape index (κ1) is 13.0. The van der Waals surface area contributed by atoms with Crippen molar-refractivity contribution in [3.8, 4) is 0 Å². The van der Waals surface area contributed by atoms with Gasteiger partial charge in [0.2, 0.25) is 11.8 Å². The van der Waals surface area contributed by atoms with Crippen molar-refractivity contribution in [2.75, 3.05) is 5.75 Å². The van der Waals surface area contributed by atoms with E-state index in [1.807, 2.05) is 0 Å². The van der Waals surface area contributed by atoms with Crippen LogP contribution >= 0.6 is 19.6 Å². The van der Waals surface area contributed by atoms with Crippen molar-refractivity contribution in [3.05, 3.63) is 12.7 Å². The first-order valence-electron chi connectivity index (χ1n) is 4.30. The first-order valence-corrected chi connectivity index (χ1v) is 7.24. The molecule has 15 heavy (non-hydrogen) atoms. The number of rotatable bonds is 4. The van der Waals surface area contributed by atoms with E-state index in [9.17, 15) is 8.99 Å². The molecule has 0 aromatic rings. The molecule has 0 N–H and O–H groups in total. The third kappa shape index (κ3) is 3.48. The molecule has 3 nitrogen and oxygen atoms in total. The molecule has 7 heteroatoms. The molecule has 0 aromatic carbocycles. The second-order valence-electron chi connectivity index (χ2n) is 3.00. The van der Waals surface area contributed by atoms with E-state index in [-0.39, 0.29) is 6.10 Å². The highest BCUT2D eigenvalue weighted by Gasteiger charge is 2.45. The third-order valence-electron chi connectivity index (χ3n) is 2.02. The van der Waals surface area contributed by atoms with Crippen molar-refractivity contribution >= 4 is 37.4 Å². The van der Waals surface area contributed by atoms with Gasteiger partial charge in [-0.15, -0.1) is 0 Å². The molecule has 1 heterocycles. The molecular formula is C8H11FO3PS2+. The highest BCUT2D eigenvalue weighted by atomic mass is 32.4. The van der Waals surface area contributed by atoms with Crippen molar-refractivity contribution in [2.24, 2.45) is 0 Å². The van der Waals surface area contributed by atoms with E-state index in [2.05, 4.69) is 31.0 Å². The molecule has 0 radical (unpaired) electrons. The molecule has 0 spiro atoms. The zero-order valence-electron chi connectivity index (χ0n) is 7.84. The smallest absolute Gasteiger partial charge is 0.428 e. The minimum absolute atomic E-state index is 0.302. The summed E-state index contributed by atoms with van der Waals surface area (Å²) in [4.78, 5) is 11.0. The minimum atomic E-state index is -2.08. The molecule has 1 aliphatic heterocycles. The Morgan fingerprint density at radius 2 is 2.53 bits per heavy atom. The van der Waals surface area contributed by atoms with E-state index in [0.717, 1.165) is 6.08 Å². The molecule has 1 fully saturated rings. The van der Waals surface area contributed by atoms with Crippen molar-refractivity contribution in [3.63, 3.8) is 0 Å². The second kappa shape index (κ2) is 5.89. The molecule has 84 valence electrons. The normalized spacial score (nSPS) is 31.1. The maximum atomic E-state index is 12.9. The van der Waals surface area contributed by atoms with Gasteiger partial charge in [0.1, 0.15) is 12.2 Å². The Bertz CT molecular complexity index is 287. The molecule has 0 aliphatic carbocycles. The summed E-state index contributed by atoms with van der Waals surface area (Å²) in [5.41, 5.74) is 0. The van der Waals surface area contributed by atoms with Crippen molar-refractivity contribution in [1.82, 2.24) is 0 Å². The van der Waals surface area contributed by atoms with Crippen LogP contribution in [0.1, 0.15) is 6.42 Å².